The molecular weight excluding hydrogens is 375 g/mol. The number of hydrogen-bond acceptors (Lipinski definition) is 5. The molecule has 1 rings (SSSR count). The van der Waals surface area contributed by atoms with Gasteiger partial charge in [-0.25, -0.2) is 0 Å². The summed E-state index contributed by atoms with van der Waals surface area (Å²) in [5, 5.41) is 6.04. The van der Waals surface area contributed by atoms with Crippen molar-refractivity contribution in [1.29, 1.82) is 0 Å². The van der Waals surface area contributed by atoms with Crippen LogP contribution in [-0.2, 0) is 9.53 Å². The van der Waals surface area contributed by atoms with Crippen LogP contribution in [0.15, 0.2) is 0 Å². The molecule has 6 nitrogen and oxygen atoms in total. The molecule has 9 heteroatoms. The first-order valence-corrected chi connectivity index (χ1v) is 8.06. The lowest BCUT2D eigenvalue weighted by Crippen LogP contribution is -2.48. The number of piperazine rings is 1. The van der Waals surface area contributed by atoms with E-state index < -0.39 is 0 Å². The maximum atomic E-state index is 11.7. The first-order chi connectivity index (χ1) is 10.2. The monoisotopic (exact) mass is 408 g/mol. The number of ether oxygens (including phenoxy) is 1. The molecule has 24 heavy (non-hydrogen) atoms. The van der Waals surface area contributed by atoms with E-state index in [2.05, 4.69) is 34.3 Å². The number of carbonyl (C=O) groups excluding carboxylic acids is 1. The zero-order valence-corrected chi connectivity index (χ0v) is 17.5. The summed E-state index contributed by atoms with van der Waals surface area (Å²) in [6, 6.07) is 0. The summed E-state index contributed by atoms with van der Waals surface area (Å²) in [5.41, 5.74) is 0. The van der Waals surface area contributed by atoms with Gasteiger partial charge in [0.1, 0.15) is 0 Å². The first kappa shape index (κ1) is 29.0. The summed E-state index contributed by atoms with van der Waals surface area (Å²) in [6.07, 6.45) is 0. The van der Waals surface area contributed by atoms with Gasteiger partial charge in [0.05, 0.1) is 13.2 Å². The Hall–Kier alpha value is 0.180. The van der Waals surface area contributed by atoms with Crippen molar-refractivity contribution in [3.63, 3.8) is 0 Å². The summed E-state index contributed by atoms with van der Waals surface area (Å²) < 4.78 is 4.92. The predicted octanol–water partition coefficient (Wildman–Crippen LogP) is 0.878. The van der Waals surface area contributed by atoms with Crippen LogP contribution < -0.4 is 10.6 Å². The van der Waals surface area contributed by atoms with Gasteiger partial charge in [-0.05, 0) is 12.5 Å². The molecule has 1 saturated heterocycles. The lowest BCUT2D eigenvalue weighted by Gasteiger charge is -2.35. The van der Waals surface area contributed by atoms with Gasteiger partial charge in [0, 0.05) is 52.9 Å². The van der Waals surface area contributed by atoms with E-state index >= 15 is 0 Å². The van der Waals surface area contributed by atoms with Gasteiger partial charge in [0.2, 0.25) is 5.91 Å². The minimum absolute atomic E-state index is 0. The number of nitrogens with one attached hydrogen (secondary N) is 2. The van der Waals surface area contributed by atoms with Gasteiger partial charge < -0.3 is 25.2 Å². The molecule has 1 heterocycles. The summed E-state index contributed by atoms with van der Waals surface area (Å²) in [5.74, 6) is 0.551. The molecule has 0 bridgehead atoms. The summed E-state index contributed by atoms with van der Waals surface area (Å²) in [6.45, 7) is 13.7. The standard InChI is InChI=1S/C15H32N4O2.3ClH/c1-4-18-6-8-19(9-7-18)13-14(2)11-17-15(20)12-16-5-10-21-3;;;/h14,16H,4-13H2,1-3H3,(H,17,20);3*1H. The van der Waals surface area contributed by atoms with Crippen molar-refractivity contribution in [2.45, 2.75) is 13.8 Å². The van der Waals surface area contributed by atoms with Crippen LogP contribution >= 0.6 is 37.2 Å². The van der Waals surface area contributed by atoms with Crippen molar-refractivity contribution >= 4 is 43.1 Å². The fourth-order valence-corrected chi connectivity index (χ4v) is 2.52. The van der Waals surface area contributed by atoms with E-state index in [1.807, 2.05) is 0 Å². The Morgan fingerprint density at radius 3 is 2.25 bits per heavy atom. The van der Waals surface area contributed by atoms with Gasteiger partial charge >= 0.3 is 0 Å². The molecule has 1 amide bonds. The van der Waals surface area contributed by atoms with Gasteiger partial charge in [-0.2, -0.15) is 0 Å². The zero-order valence-electron chi connectivity index (χ0n) is 15.1. The smallest absolute Gasteiger partial charge is 0.233 e. The molecule has 0 aromatic carbocycles. The van der Waals surface area contributed by atoms with E-state index in [1.54, 1.807) is 7.11 Å². The van der Waals surface area contributed by atoms with Crippen molar-refractivity contribution in [2.24, 2.45) is 5.92 Å². The number of rotatable bonds is 10. The Bertz CT molecular complexity index is 294. The lowest BCUT2D eigenvalue weighted by molar-refractivity contribution is -0.120. The second-order valence-corrected chi connectivity index (χ2v) is 5.81. The number of halogens is 3. The molecule has 0 aliphatic carbocycles. The molecule has 2 N–H and O–H groups in total. The van der Waals surface area contributed by atoms with Gasteiger partial charge in [0.25, 0.3) is 0 Å². The molecule has 0 spiro atoms. The van der Waals surface area contributed by atoms with E-state index in [9.17, 15) is 4.79 Å². The number of carbonyl (C=O) groups is 1. The second kappa shape index (κ2) is 18.0. The molecule has 148 valence electrons. The van der Waals surface area contributed by atoms with Crippen molar-refractivity contribution in [1.82, 2.24) is 20.4 Å². The molecule has 1 unspecified atom stereocenters. The molecular formula is C15H35Cl3N4O2. The summed E-state index contributed by atoms with van der Waals surface area (Å²) >= 11 is 0. The van der Waals surface area contributed by atoms with Gasteiger partial charge in [-0.3, -0.25) is 4.79 Å². The Morgan fingerprint density at radius 1 is 1.12 bits per heavy atom. The maximum absolute atomic E-state index is 11.7. The molecule has 0 radical (unpaired) electrons. The number of amides is 1. The van der Waals surface area contributed by atoms with Crippen LogP contribution in [0.2, 0.25) is 0 Å². The third kappa shape index (κ3) is 13.5. The van der Waals surface area contributed by atoms with Crippen LogP contribution in [0.4, 0.5) is 0 Å². The Morgan fingerprint density at radius 2 is 1.71 bits per heavy atom. The Balaban J connectivity index is -0.00000147. The maximum Gasteiger partial charge on any atom is 0.233 e. The number of nitrogens with zero attached hydrogens (tertiary/aromatic N) is 2. The van der Waals surface area contributed by atoms with Crippen LogP contribution in [-0.4, -0.2) is 88.3 Å². The number of hydrogen-bond donors (Lipinski definition) is 2. The van der Waals surface area contributed by atoms with Crippen molar-refractivity contribution in [3.05, 3.63) is 0 Å². The number of methoxy groups -OCH3 is 1. The largest absolute Gasteiger partial charge is 0.383 e. The molecule has 0 aromatic rings. The highest BCUT2D eigenvalue weighted by Gasteiger charge is 2.17. The zero-order chi connectivity index (χ0) is 15.5. The number of likely N-dealkylation sites (N-methyl/N-ethyl adjacent to an activating group) is 1. The normalized spacial score (nSPS) is 16.3. The van der Waals surface area contributed by atoms with Crippen molar-refractivity contribution < 1.29 is 9.53 Å². The lowest BCUT2D eigenvalue weighted by atomic mass is 10.1. The van der Waals surface area contributed by atoms with Gasteiger partial charge in [0.15, 0.2) is 0 Å². The van der Waals surface area contributed by atoms with Crippen LogP contribution in [0.5, 0.6) is 0 Å². The third-order valence-corrected chi connectivity index (χ3v) is 3.90. The Kier molecular flexibility index (Phi) is 21.7. The van der Waals surface area contributed by atoms with Crippen LogP contribution in [0, 0.1) is 5.92 Å². The highest BCUT2D eigenvalue weighted by atomic mass is 35.5. The highest BCUT2D eigenvalue weighted by Crippen LogP contribution is 2.04. The average Bonchev–Trinajstić information content (AvgIpc) is 2.50. The molecule has 0 aromatic heterocycles. The second-order valence-electron chi connectivity index (χ2n) is 5.81. The fraction of sp³-hybridized carbons (Fsp3) is 0.933. The third-order valence-electron chi connectivity index (χ3n) is 3.90. The minimum atomic E-state index is 0. The SMILES string of the molecule is CCN1CCN(CC(C)CNC(=O)CNCCOC)CC1.Cl.Cl.Cl. The topological polar surface area (TPSA) is 56.8 Å². The molecule has 0 saturated carbocycles. The fourth-order valence-electron chi connectivity index (χ4n) is 2.52. The van der Waals surface area contributed by atoms with E-state index in [1.165, 1.54) is 13.1 Å². The van der Waals surface area contributed by atoms with Crippen molar-refractivity contribution in [3.8, 4) is 0 Å². The van der Waals surface area contributed by atoms with E-state index in [-0.39, 0.29) is 43.1 Å². The highest BCUT2D eigenvalue weighted by molar-refractivity contribution is 5.86. The van der Waals surface area contributed by atoms with E-state index in [4.69, 9.17) is 4.74 Å². The molecule has 1 aliphatic heterocycles. The molecule has 1 fully saturated rings. The Labute approximate surface area is 165 Å². The molecule has 1 aliphatic rings. The van der Waals surface area contributed by atoms with E-state index in [0.717, 1.165) is 32.7 Å². The summed E-state index contributed by atoms with van der Waals surface area (Å²) in [7, 11) is 1.66. The van der Waals surface area contributed by atoms with Gasteiger partial charge in [-0.15, -0.1) is 37.2 Å². The molecule has 1 atom stereocenters. The van der Waals surface area contributed by atoms with Crippen LogP contribution in [0.25, 0.3) is 0 Å². The predicted molar refractivity (Wildman–Crippen MR) is 107 cm³/mol. The van der Waals surface area contributed by atoms with E-state index in [0.29, 0.717) is 25.6 Å². The van der Waals surface area contributed by atoms with Gasteiger partial charge in [-0.1, -0.05) is 13.8 Å². The van der Waals surface area contributed by atoms with Crippen LogP contribution in [0.3, 0.4) is 0 Å². The first-order valence-electron chi connectivity index (χ1n) is 8.06. The minimum Gasteiger partial charge on any atom is -0.383 e. The van der Waals surface area contributed by atoms with Crippen molar-refractivity contribution in [2.75, 3.05) is 72.6 Å². The van der Waals surface area contributed by atoms with Crippen LogP contribution in [0.1, 0.15) is 13.8 Å². The average molecular weight is 410 g/mol. The quantitative estimate of drug-likeness (QED) is 0.525. The summed E-state index contributed by atoms with van der Waals surface area (Å²) in [4.78, 5) is 16.6.